The van der Waals surface area contributed by atoms with E-state index in [9.17, 15) is 4.79 Å². The van der Waals surface area contributed by atoms with Crippen molar-refractivity contribution >= 4 is 6.29 Å². The first-order valence-corrected chi connectivity index (χ1v) is 8.05. The molecule has 0 saturated heterocycles. The van der Waals surface area contributed by atoms with Crippen LogP contribution in [0.1, 0.15) is 89.9 Å². The number of hydrogen-bond acceptors (Lipinski definition) is 2. The maximum Gasteiger partial charge on any atom is 0.119 e. The molecule has 0 fully saturated rings. The lowest BCUT2D eigenvalue weighted by atomic mass is 10.0. The number of unbranched alkanes of at least 4 members (excludes halogenated alkanes) is 13. The highest BCUT2D eigenvalue weighted by atomic mass is 16.1. The van der Waals surface area contributed by atoms with Gasteiger partial charge in [-0.2, -0.15) is 0 Å². The summed E-state index contributed by atoms with van der Waals surface area (Å²) in [6.07, 6.45) is 19.1. The van der Waals surface area contributed by atoms with E-state index in [1.165, 1.54) is 77.0 Å². The Morgan fingerprint density at radius 3 is 1.22 bits per heavy atom. The highest BCUT2D eigenvalue weighted by Gasteiger charge is 1.93. The molecular formula is C16H33NO. The molecule has 0 aliphatic carbocycles. The Labute approximate surface area is 114 Å². The predicted molar refractivity (Wildman–Crippen MR) is 79.8 cm³/mol. The van der Waals surface area contributed by atoms with Crippen LogP contribution < -0.4 is 5.73 Å². The molecule has 0 aromatic carbocycles. The first-order chi connectivity index (χ1) is 8.91. The number of hydrogen-bond donors (Lipinski definition) is 1. The summed E-state index contributed by atoms with van der Waals surface area (Å²) < 4.78 is 0. The van der Waals surface area contributed by atoms with Crippen LogP contribution in [0.15, 0.2) is 0 Å². The van der Waals surface area contributed by atoms with Gasteiger partial charge >= 0.3 is 0 Å². The Kier molecular flexibility index (Phi) is 16.3. The van der Waals surface area contributed by atoms with Gasteiger partial charge in [0.25, 0.3) is 0 Å². The molecule has 108 valence electrons. The fraction of sp³-hybridized carbons (Fsp3) is 0.938. The van der Waals surface area contributed by atoms with E-state index in [2.05, 4.69) is 0 Å². The van der Waals surface area contributed by atoms with E-state index in [0.29, 0.717) is 0 Å². The van der Waals surface area contributed by atoms with Gasteiger partial charge in [0.05, 0.1) is 0 Å². The second kappa shape index (κ2) is 16.6. The van der Waals surface area contributed by atoms with Crippen LogP contribution >= 0.6 is 0 Å². The van der Waals surface area contributed by atoms with Gasteiger partial charge in [-0.05, 0) is 19.4 Å². The summed E-state index contributed by atoms with van der Waals surface area (Å²) in [4.78, 5) is 10.1. The lowest BCUT2D eigenvalue weighted by Gasteiger charge is -2.02. The lowest BCUT2D eigenvalue weighted by molar-refractivity contribution is -0.107. The van der Waals surface area contributed by atoms with Gasteiger partial charge < -0.3 is 10.5 Å². The Morgan fingerprint density at radius 1 is 0.556 bits per heavy atom. The minimum absolute atomic E-state index is 0.754. The van der Waals surface area contributed by atoms with Crippen LogP contribution in [-0.4, -0.2) is 12.8 Å². The SMILES string of the molecule is NCCCCCCCCCCCCCCCC=O. The van der Waals surface area contributed by atoms with Crippen molar-refractivity contribution in [2.24, 2.45) is 5.73 Å². The molecule has 0 aromatic rings. The Hall–Kier alpha value is -0.370. The maximum absolute atomic E-state index is 10.1. The maximum atomic E-state index is 10.1. The van der Waals surface area contributed by atoms with Gasteiger partial charge in [-0.1, -0.05) is 70.6 Å². The fourth-order valence-electron chi connectivity index (χ4n) is 2.32. The zero-order chi connectivity index (χ0) is 13.3. The third-order valence-corrected chi connectivity index (χ3v) is 3.53. The minimum atomic E-state index is 0.754. The Morgan fingerprint density at radius 2 is 0.889 bits per heavy atom. The summed E-state index contributed by atoms with van der Waals surface area (Å²) in [6.45, 7) is 0.854. The smallest absolute Gasteiger partial charge is 0.119 e. The lowest BCUT2D eigenvalue weighted by Crippen LogP contribution is -1.97. The highest BCUT2D eigenvalue weighted by molar-refractivity contribution is 5.48. The summed E-state index contributed by atoms with van der Waals surface area (Å²) >= 11 is 0. The van der Waals surface area contributed by atoms with Crippen LogP contribution in [0.4, 0.5) is 0 Å². The molecule has 0 aromatic heterocycles. The van der Waals surface area contributed by atoms with Gasteiger partial charge in [-0.25, -0.2) is 0 Å². The summed E-state index contributed by atoms with van der Waals surface area (Å²) in [6, 6.07) is 0. The molecule has 0 atom stereocenters. The van der Waals surface area contributed by atoms with Crippen molar-refractivity contribution in [3.63, 3.8) is 0 Å². The molecule has 2 nitrogen and oxygen atoms in total. The molecular weight excluding hydrogens is 222 g/mol. The predicted octanol–water partition coefficient (Wildman–Crippen LogP) is 4.61. The zero-order valence-corrected chi connectivity index (χ0v) is 12.2. The van der Waals surface area contributed by atoms with Crippen LogP contribution in [0.25, 0.3) is 0 Å². The molecule has 18 heavy (non-hydrogen) atoms. The van der Waals surface area contributed by atoms with E-state index in [1.54, 1.807) is 0 Å². The first-order valence-electron chi connectivity index (χ1n) is 8.05. The van der Waals surface area contributed by atoms with E-state index in [4.69, 9.17) is 5.73 Å². The molecule has 0 aliphatic rings. The summed E-state index contributed by atoms with van der Waals surface area (Å²) in [7, 11) is 0. The minimum Gasteiger partial charge on any atom is -0.330 e. The number of aldehydes is 1. The second-order valence-electron chi connectivity index (χ2n) is 5.34. The van der Waals surface area contributed by atoms with E-state index in [-0.39, 0.29) is 0 Å². The number of nitrogens with two attached hydrogens (primary N) is 1. The molecule has 0 saturated carbocycles. The van der Waals surface area contributed by atoms with Crippen molar-refractivity contribution in [1.29, 1.82) is 0 Å². The molecule has 0 bridgehead atoms. The summed E-state index contributed by atoms with van der Waals surface area (Å²) in [5.74, 6) is 0. The Bertz CT molecular complexity index is 159. The van der Waals surface area contributed by atoms with E-state index in [0.717, 1.165) is 25.7 Å². The first kappa shape index (κ1) is 17.6. The van der Waals surface area contributed by atoms with Gasteiger partial charge in [-0.3, -0.25) is 0 Å². The van der Waals surface area contributed by atoms with Crippen molar-refractivity contribution in [2.45, 2.75) is 89.9 Å². The van der Waals surface area contributed by atoms with Crippen LogP contribution in [-0.2, 0) is 4.79 Å². The van der Waals surface area contributed by atoms with Crippen molar-refractivity contribution in [1.82, 2.24) is 0 Å². The molecule has 0 heterocycles. The average molecular weight is 255 g/mol. The van der Waals surface area contributed by atoms with Crippen molar-refractivity contribution in [3.8, 4) is 0 Å². The van der Waals surface area contributed by atoms with E-state index < -0.39 is 0 Å². The van der Waals surface area contributed by atoms with Crippen LogP contribution in [0, 0.1) is 0 Å². The average Bonchev–Trinajstić information content (AvgIpc) is 2.39. The fourth-order valence-corrected chi connectivity index (χ4v) is 2.32. The Balaban J connectivity index is 2.88. The molecule has 0 rings (SSSR count). The normalized spacial score (nSPS) is 10.7. The highest BCUT2D eigenvalue weighted by Crippen LogP contribution is 2.12. The van der Waals surface area contributed by atoms with Crippen LogP contribution in [0.3, 0.4) is 0 Å². The standard InChI is InChI=1S/C16H33NO/c17-15-13-11-9-7-5-3-1-2-4-6-8-10-12-14-16-18/h16H,1-15,17H2. The van der Waals surface area contributed by atoms with Gasteiger partial charge in [0.1, 0.15) is 6.29 Å². The topological polar surface area (TPSA) is 43.1 Å². The van der Waals surface area contributed by atoms with E-state index in [1.807, 2.05) is 0 Å². The van der Waals surface area contributed by atoms with Crippen molar-refractivity contribution in [3.05, 3.63) is 0 Å². The molecule has 0 radical (unpaired) electrons. The largest absolute Gasteiger partial charge is 0.330 e. The third-order valence-electron chi connectivity index (χ3n) is 3.53. The second-order valence-corrected chi connectivity index (χ2v) is 5.34. The molecule has 2 heteroatoms. The van der Waals surface area contributed by atoms with Crippen LogP contribution in [0.5, 0.6) is 0 Å². The van der Waals surface area contributed by atoms with Gasteiger partial charge in [0, 0.05) is 6.42 Å². The zero-order valence-electron chi connectivity index (χ0n) is 12.2. The summed E-state index contributed by atoms with van der Waals surface area (Å²) in [5.41, 5.74) is 5.46. The van der Waals surface area contributed by atoms with Crippen LogP contribution in [0.2, 0.25) is 0 Å². The number of rotatable bonds is 15. The third kappa shape index (κ3) is 15.6. The van der Waals surface area contributed by atoms with E-state index >= 15 is 0 Å². The summed E-state index contributed by atoms with van der Waals surface area (Å²) in [5, 5.41) is 0. The van der Waals surface area contributed by atoms with Gasteiger partial charge in [0.15, 0.2) is 0 Å². The van der Waals surface area contributed by atoms with Crippen molar-refractivity contribution < 1.29 is 4.79 Å². The van der Waals surface area contributed by atoms with Gasteiger partial charge in [-0.15, -0.1) is 0 Å². The quantitative estimate of drug-likeness (QED) is 0.343. The van der Waals surface area contributed by atoms with Gasteiger partial charge in [0.2, 0.25) is 0 Å². The van der Waals surface area contributed by atoms with Crippen molar-refractivity contribution in [2.75, 3.05) is 6.54 Å². The number of carbonyl (C=O) groups excluding carboxylic acids is 1. The number of carbonyl (C=O) groups is 1. The molecule has 0 aliphatic heterocycles. The monoisotopic (exact) mass is 255 g/mol. The molecule has 0 spiro atoms. The molecule has 2 N–H and O–H groups in total. The molecule has 0 amide bonds. The molecule has 0 unspecified atom stereocenters.